The van der Waals surface area contributed by atoms with E-state index in [1.54, 1.807) is 62.4 Å². The summed E-state index contributed by atoms with van der Waals surface area (Å²) in [6, 6.07) is 18.1. The lowest BCUT2D eigenvalue weighted by Gasteiger charge is -2.17. The number of nitriles is 1. The van der Waals surface area contributed by atoms with Crippen molar-refractivity contribution in [3.63, 3.8) is 0 Å². The second-order valence-electron chi connectivity index (χ2n) is 9.07. The Hall–Kier alpha value is -5.10. The number of allylic oxidation sites excluding steroid dienone is 2. The molecule has 0 spiro atoms. The lowest BCUT2D eigenvalue weighted by molar-refractivity contribution is 0.102. The molecule has 3 aromatic rings. The Morgan fingerprint density at radius 1 is 1.08 bits per heavy atom. The number of pyridine rings is 1. The van der Waals surface area contributed by atoms with Crippen LogP contribution in [0.2, 0.25) is 0 Å². The highest BCUT2D eigenvalue weighted by atomic mass is 16.5. The van der Waals surface area contributed by atoms with Crippen LogP contribution < -0.4 is 22.1 Å². The van der Waals surface area contributed by atoms with Crippen LogP contribution in [-0.2, 0) is 10.2 Å². The van der Waals surface area contributed by atoms with Gasteiger partial charge in [-0.1, -0.05) is 18.2 Å². The topological polar surface area (TPSA) is 156 Å². The summed E-state index contributed by atoms with van der Waals surface area (Å²) in [4.78, 5) is 28.6. The molecule has 2 amide bonds. The Balaban J connectivity index is 1.86. The number of carbonyl (C=O) groups excluding carboxylic acids is 2. The van der Waals surface area contributed by atoms with Crippen LogP contribution in [-0.4, -0.2) is 24.1 Å². The highest BCUT2D eigenvalue weighted by Crippen LogP contribution is 2.26. The number of methoxy groups -OCH3 is 1. The quantitative estimate of drug-likeness (QED) is 0.329. The normalized spacial score (nSPS) is 11.9. The van der Waals surface area contributed by atoms with Gasteiger partial charge in [0.1, 0.15) is 5.82 Å². The van der Waals surface area contributed by atoms with Gasteiger partial charge in [0.15, 0.2) is 0 Å². The third-order valence-corrected chi connectivity index (χ3v) is 5.93. The molecule has 0 aliphatic rings. The number of ether oxygens (including phenoxy) is 1. The van der Waals surface area contributed by atoms with Crippen molar-refractivity contribution in [1.29, 1.82) is 5.26 Å². The summed E-state index contributed by atoms with van der Waals surface area (Å²) in [5.74, 6) is -0.00769. The van der Waals surface area contributed by atoms with Gasteiger partial charge in [-0.2, -0.15) is 5.26 Å². The maximum Gasteiger partial charge on any atom is 0.412 e. The highest BCUT2D eigenvalue weighted by Gasteiger charge is 2.21. The van der Waals surface area contributed by atoms with Crippen LogP contribution in [0, 0.1) is 18.3 Å². The molecule has 0 saturated heterocycles. The van der Waals surface area contributed by atoms with Crippen LogP contribution in [0.1, 0.15) is 46.5 Å². The van der Waals surface area contributed by atoms with Gasteiger partial charge in [0.2, 0.25) is 0 Å². The van der Waals surface area contributed by atoms with Crippen molar-refractivity contribution in [2.75, 3.05) is 17.7 Å². The number of aryl methyl sites for hydroxylation is 1. The van der Waals surface area contributed by atoms with Crippen molar-refractivity contribution in [3.05, 3.63) is 101 Å². The van der Waals surface area contributed by atoms with E-state index in [1.165, 1.54) is 19.5 Å². The number of rotatable bonds is 7. The largest absolute Gasteiger partial charge is 0.453 e. The van der Waals surface area contributed by atoms with Crippen molar-refractivity contribution in [2.24, 2.45) is 11.5 Å². The van der Waals surface area contributed by atoms with E-state index in [0.29, 0.717) is 39.5 Å². The lowest BCUT2D eigenvalue weighted by Crippen LogP contribution is -2.17. The Morgan fingerprint density at radius 2 is 1.84 bits per heavy atom. The lowest BCUT2D eigenvalue weighted by atomic mass is 9.85. The van der Waals surface area contributed by atoms with Gasteiger partial charge in [-0.3, -0.25) is 10.1 Å². The van der Waals surface area contributed by atoms with E-state index in [9.17, 15) is 14.9 Å². The van der Waals surface area contributed by atoms with Crippen molar-refractivity contribution in [1.82, 2.24) is 4.98 Å². The monoisotopic (exact) mass is 510 g/mol. The van der Waals surface area contributed by atoms with E-state index in [0.717, 1.165) is 11.1 Å². The Morgan fingerprint density at radius 3 is 2.53 bits per heavy atom. The standard InChI is InChI=1S/C29H30N6O3/c1-18-8-9-23(34-27(36)20-6-5-7-22(12-20)29(2,3)17-31)15-24(18)25(32)13-21(16-30)19-10-11-33-26(14-19)35-28(37)38-4/h5-16H,30,32H2,1-4H3,(H,34,36)(H,33,35,37)/b21-16+,25-13-. The molecule has 0 atom stereocenters. The smallest absolute Gasteiger partial charge is 0.412 e. The fraction of sp³-hybridized carbons (Fsp3) is 0.172. The molecule has 9 heteroatoms. The Kier molecular flexibility index (Phi) is 8.50. The van der Waals surface area contributed by atoms with Crippen LogP contribution >= 0.6 is 0 Å². The van der Waals surface area contributed by atoms with Crippen LogP contribution in [0.5, 0.6) is 0 Å². The number of benzene rings is 2. The van der Waals surface area contributed by atoms with Gasteiger partial charge in [-0.15, -0.1) is 0 Å². The first kappa shape index (κ1) is 27.5. The van der Waals surface area contributed by atoms with E-state index >= 15 is 0 Å². The molecule has 0 bridgehead atoms. The van der Waals surface area contributed by atoms with Gasteiger partial charge in [0.25, 0.3) is 5.91 Å². The molecule has 3 rings (SSSR count). The molecule has 0 aliphatic heterocycles. The second-order valence-corrected chi connectivity index (χ2v) is 9.07. The summed E-state index contributed by atoms with van der Waals surface area (Å²) in [6.07, 6.45) is 4.00. The number of hydrogen-bond donors (Lipinski definition) is 4. The van der Waals surface area contributed by atoms with E-state index in [2.05, 4.69) is 26.4 Å². The zero-order valence-corrected chi connectivity index (χ0v) is 21.7. The fourth-order valence-electron chi connectivity index (χ4n) is 3.63. The summed E-state index contributed by atoms with van der Waals surface area (Å²) in [7, 11) is 1.26. The first-order valence-corrected chi connectivity index (χ1v) is 11.7. The molecule has 1 aromatic heterocycles. The van der Waals surface area contributed by atoms with E-state index in [1.807, 2.05) is 19.1 Å². The molecule has 2 aromatic carbocycles. The van der Waals surface area contributed by atoms with Gasteiger partial charge in [0, 0.05) is 34.9 Å². The number of amides is 2. The van der Waals surface area contributed by atoms with Crippen molar-refractivity contribution in [3.8, 4) is 6.07 Å². The molecule has 0 unspecified atom stereocenters. The molecule has 0 aliphatic carbocycles. The van der Waals surface area contributed by atoms with E-state index < -0.39 is 11.5 Å². The molecule has 0 saturated carbocycles. The van der Waals surface area contributed by atoms with Gasteiger partial charge < -0.3 is 21.5 Å². The number of anilines is 2. The fourth-order valence-corrected chi connectivity index (χ4v) is 3.63. The molecule has 0 fully saturated rings. The molecule has 1 heterocycles. The molecule has 6 N–H and O–H groups in total. The number of nitrogens with two attached hydrogens (primary N) is 2. The van der Waals surface area contributed by atoms with Crippen LogP contribution in [0.4, 0.5) is 16.3 Å². The van der Waals surface area contributed by atoms with Crippen molar-refractivity contribution >= 4 is 34.8 Å². The predicted molar refractivity (Wildman–Crippen MR) is 149 cm³/mol. The minimum Gasteiger partial charge on any atom is -0.453 e. The first-order chi connectivity index (χ1) is 18.1. The molecule has 9 nitrogen and oxygen atoms in total. The number of hydrogen-bond acceptors (Lipinski definition) is 7. The summed E-state index contributed by atoms with van der Waals surface area (Å²) < 4.78 is 4.60. The highest BCUT2D eigenvalue weighted by molar-refractivity contribution is 6.04. The summed E-state index contributed by atoms with van der Waals surface area (Å²) in [6.45, 7) is 5.52. The van der Waals surface area contributed by atoms with E-state index in [-0.39, 0.29) is 5.91 Å². The van der Waals surface area contributed by atoms with Crippen molar-refractivity contribution < 1.29 is 14.3 Å². The van der Waals surface area contributed by atoms with E-state index in [4.69, 9.17) is 11.5 Å². The van der Waals surface area contributed by atoms with Gasteiger partial charge in [0.05, 0.1) is 18.6 Å². The summed E-state index contributed by atoms with van der Waals surface area (Å²) >= 11 is 0. The Labute approximate surface area is 221 Å². The minimum atomic E-state index is -0.717. The van der Waals surface area contributed by atoms with Gasteiger partial charge in [-0.05, 0) is 85.5 Å². The summed E-state index contributed by atoms with van der Waals surface area (Å²) in [5, 5.41) is 14.8. The number of carbonyl (C=O) groups is 2. The second kappa shape index (κ2) is 11.8. The molecular formula is C29H30N6O3. The molecule has 194 valence electrons. The van der Waals surface area contributed by atoms with Crippen LogP contribution in [0.15, 0.2) is 73.1 Å². The number of nitrogens with one attached hydrogen (secondary N) is 2. The van der Waals surface area contributed by atoms with Gasteiger partial charge >= 0.3 is 6.09 Å². The SMILES string of the molecule is COC(=O)Nc1cc(C(/C=C(\N)c2cc(NC(=O)c3cccc(C(C)(C)C#N)c3)ccc2C)=C/N)ccn1. The number of nitrogens with zero attached hydrogens (tertiary/aromatic N) is 2. The Bertz CT molecular complexity index is 1470. The minimum absolute atomic E-state index is 0.295. The zero-order chi connectivity index (χ0) is 27.9. The third kappa shape index (κ3) is 6.56. The molecule has 38 heavy (non-hydrogen) atoms. The maximum atomic E-state index is 13.0. The zero-order valence-electron chi connectivity index (χ0n) is 21.7. The van der Waals surface area contributed by atoms with Crippen molar-refractivity contribution in [2.45, 2.75) is 26.2 Å². The molecule has 0 radical (unpaired) electrons. The average Bonchev–Trinajstić information content (AvgIpc) is 2.92. The van der Waals surface area contributed by atoms with Crippen LogP contribution in [0.25, 0.3) is 11.3 Å². The number of aromatic nitrogens is 1. The average molecular weight is 511 g/mol. The predicted octanol–water partition coefficient (Wildman–Crippen LogP) is 4.92. The van der Waals surface area contributed by atoms with Gasteiger partial charge in [-0.25, -0.2) is 9.78 Å². The maximum absolute atomic E-state index is 13.0. The summed E-state index contributed by atoms with van der Waals surface area (Å²) in [5.41, 5.74) is 16.7. The first-order valence-electron chi connectivity index (χ1n) is 11.7. The third-order valence-electron chi connectivity index (χ3n) is 5.93. The van der Waals surface area contributed by atoms with Crippen LogP contribution in [0.3, 0.4) is 0 Å². The molecular weight excluding hydrogens is 480 g/mol.